The van der Waals surface area contributed by atoms with Crippen molar-refractivity contribution in [3.8, 4) is 0 Å². The highest BCUT2D eigenvalue weighted by Gasteiger charge is 2.26. The molecule has 0 aliphatic carbocycles. The Balaban J connectivity index is 1.95. The van der Waals surface area contributed by atoms with Crippen LogP contribution in [-0.2, 0) is 16.3 Å². The van der Waals surface area contributed by atoms with Crippen molar-refractivity contribution in [2.24, 2.45) is 0 Å². The minimum absolute atomic E-state index is 0.0639. The van der Waals surface area contributed by atoms with Crippen LogP contribution in [-0.4, -0.2) is 47.0 Å². The summed E-state index contributed by atoms with van der Waals surface area (Å²) in [5, 5.41) is 3.29. The van der Waals surface area contributed by atoms with Gasteiger partial charge in [-0.05, 0) is 19.9 Å². The van der Waals surface area contributed by atoms with Gasteiger partial charge < -0.3 is 9.88 Å². The van der Waals surface area contributed by atoms with Crippen LogP contribution in [0, 0.1) is 0 Å². The summed E-state index contributed by atoms with van der Waals surface area (Å²) in [6.07, 6.45) is 4.13. The molecule has 6 nitrogen and oxygen atoms in total. The van der Waals surface area contributed by atoms with Crippen LogP contribution in [0.1, 0.15) is 25.7 Å². The molecule has 0 radical (unpaired) electrons. The van der Waals surface area contributed by atoms with E-state index >= 15 is 0 Å². The zero-order chi connectivity index (χ0) is 15.0. The van der Waals surface area contributed by atoms with Crippen molar-refractivity contribution in [2.45, 2.75) is 32.4 Å². The van der Waals surface area contributed by atoms with Gasteiger partial charge in [-0.15, -0.1) is 0 Å². The highest BCUT2D eigenvalue weighted by molar-refractivity contribution is 7.91. The molecule has 3 rings (SSSR count). The Hall–Kier alpha value is -1.47. The van der Waals surface area contributed by atoms with Crippen molar-refractivity contribution < 1.29 is 8.42 Å². The van der Waals surface area contributed by atoms with E-state index in [1.807, 2.05) is 6.07 Å². The minimum Gasteiger partial charge on any atom is -0.325 e. The molecule has 1 N–H and O–H groups in total. The molecule has 21 heavy (non-hydrogen) atoms. The Morgan fingerprint density at radius 3 is 3.00 bits per heavy atom. The summed E-state index contributed by atoms with van der Waals surface area (Å²) in [7, 11) is -2.93. The summed E-state index contributed by atoms with van der Waals surface area (Å²) in [6.45, 7) is 4.74. The quantitative estimate of drug-likeness (QED) is 0.913. The molecular formula is C14H20N4O2S. The van der Waals surface area contributed by atoms with E-state index in [4.69, 9.17) is 0 Å². The van der Waals surface area contributed by atoms with Gasteiger partial charge in [-0.3, -0.25) is 4.98 Å². The fourth-order valence-electron chi connectivity index (χ4n) is 2.94. The lowest BCUT2D eigenvalue weighted by molar-refractivity contribution is 0.491. The van der Waals surface area contributed by atoms with E-state index in [0.29, 0.717) is 13.0 Å². The minimum atomic E-state index is -2.93. The number of fused-ring (bicyclic) bond motifs is 1. The molecule has 1 aliphatic heterocycles. The van der Waals surface area contributed by atoms with Crippen molar-refractivity contribution in [2.75, 3.05) is 18.1 Å². The number of rotatable bonds is 3. The van der Waals surface area contributed by atoms with Gasteiger partial charge in [-0.1, -0.05) is 0 Å². The molecule has 2 aromatic heterocycles. The fraction of sp³-hybridized carbons (Fsp3) is 0.571. The summed E-state index contributed by atoms with van der Waals surface area (Å²) in [6, 6.07) is 2.16. The molecule has 0 bridgehead atoms. The van der Waals surface area contributed by atoms with Gasteiger partial charge in [0.1, 0.15) is 11.3 Å². The zero-order valence-electron chi connectivity index (χ0n) is 12.3. The lowest BCUT2D eigenvalue weighted by Crippen LogP contribution is -2.46. The van der Waals surface area contributed by atoms with Crippen LogP contribution < -0.4 is 5.32 Å². The molecule has 0 spiro atoms. The largest absolute Gasteiger partial charge is 0.325 e. The average molecular weight is 308 g/mol. The molecule has 114 valence electrons. The first-order valence-electron chi connectivity index (χ1n) is 7.21. The average Bonchev–Trinajstić information content (AvgIpc) is 2.75. The third-order valence-corrected chi connectivity index (χ3v) is 5.55. The van der Waals surface area contributed by atoms with E-state index in [1.165, 1.54) is 0 Å². The van der Waals surface area contributed by atoms with Gasteiger partial charge in [0.15, 0.2) is 9.84 Å². The lowest BCUT2D eigenvalue weighted by atomic mass is 10.2. The first-order valence-corrected chi connectivity index (χ1v) is 9.03. The molecule has 1 unspecified atom stereocenters. The highest BCUT2D eigenvalue weighted by atomic mass is 32.2. The number of aromatic nitrogens is 3. The number of hydrogen-bond acceptors (Lipinski definition) is 5. The predicted octanol–water partition coefficient (Wildman–Crippen LogP) is 0.941. The lowest BCUT2D eigenvalue weighted by Gasteiger charge is -2.24. The standard InChI is InChI=1S/C14H20N4O2S/c1-10(2)18-13-3-4-15-8-12(13)17-14(18)7-11-9-21(19,20)6-5-16-11/h3-4,8,10-11,16H,5-7,9H2,1-2H3. The maximum absolute atomic E-state index is 11.8. The van der Waals surface area contributed by atoms with Crippen molar-refractivity contribution in [3.05, 3.63) is 24.3 Å². The van der Waals surface area contributed by atoms with Crippen molar-refractivity contribution in [1.29, 1.82) is 0 Å². The molecule has 1 fully saturated rings. The topological polar surface area (TPSA) is 76.9 Å². The highest BCUT2D eigenvalue weighted by Crippen LogP contribution is 2.21. The maximum Gasteiger partial charge on any atom is 0.153 e. The Labute approximate surface area is 124 Å². The van der Waals surface area contributed by atoms with Gasteiger partial charge in [0, 0.05) is 31.2 Å². The van der Waals surface area contributed by atoms with Gasteiger partial charge >= 0.3 is 0 Å². The number of hydrogen-bond donors (Lipinski definition) is 1. The Kier molecular flexibility index (Phi) is 3.71. The summed E-state index contributed by atoms with van der Waals surface area (Å²) < 4.78 is 25.7. The van der Waals surface area contributed by atoms with Crippen molar-refractivity contribution in [3.63, 3.8) is 0 Å². The molecule has 0 amide bonds. The Morgan fingerprint density at radius 1 is 1.48 bits per heavy atom. The third-order valence-electron chi connectivity index (χ3n) is 3.81. The number of nitrogens with one attached hydrogen (secondary N) is 1. The van der Waals surface area contributed by atoms with Crippen LogP contribution in [0.15, 0.2) is 18.5 Å². The maximum atomic E-state index is 11.8. The van der Waals surface area contributed by atoms with Crippen LogP contribution in [0.5, 0.6) is 0 Å². The van der Waals surface area contributed by atoms with Gasteiger partial charge in [0.05, 0.1) is 23.2 Å². The van der Waals surface area contributed by atoms with E-state index in [0.717, 1.165) is 16.9 Å². The van der Waals surface area contributed by atoms with E-state index in [9.17, 15) is 8.42 Å². The van der Waals surface area contributed by atoms with Crippen molar-refractivity contribution in [1.82, 2.24) is 19.9 Å². The summed E-state index contributed by atoms with van der Waals surface area (Å²) in [4.78, 5) is 8.75. The molecule has 1 aliphatic rings. The van der Waals surface area contributed by atoms with Gasteiger partial charge in [0.2, 0.25) is 0 Å². The SMILES string of the molecule is CC(C)n1c(CC2CS(=O)(=O)CCN2)nc2cnccc21. The summed E-state index contributed by atoms with van der Waals surface area (Å²) in [5.74, 6) is 1.34. The number of sulfone groups is 1. The molecular weight excluding hydrogens is 288 g/mol. The monoisotopic (exact) mass is 308 g/mol. The predicted molar refractivity (Wildman–Crippen MR) is 82.1 cm³/mol. The molecule has 3 heterocycles. The molecule has 0 aromatic carbocycles. The van der Waals surface area contributed by atoms with Crippen molar-refractivity contribution >= 4 is 20.9 Å². The van der Waals surface area contributed by atoms with Crippen LogP contribution in [0.25, 0.3) is 11.0 Å². The fourth-order valence-corrected chi connectivity index (χ4v) is 4.38. The Bertz CT molecular complexity index is 751. The second-order valence-corrected chi connectivity index (χ2v) is 8.05. The molecule has 1 saturated heterocycles. The van der Waals surface area contributed by atoms with Crippen LogP contribution in [0.3, 0.4) is 0 Å². The second-order valence-electron chi connectivity index (χ2n) is 5.83. The summed E-state index contributed by atoms with van der Waals surface area (Å²) >= 11 is 0. The normalized spacial score (nSPS) is 22.0. The summed E-state index contributed by atoms with van der Waals surface area (Å²) in [5.41, 5.74) is 1.91. The first kappa shape index (κ1) is 14.5. The molecule has 2 aromatic rings. The third kappa shape index (κ3) is 2.94. The number of pyridine rings is 1. The molecule has 1 atom stereocenters. The molecule has 7 heteroatoms. The van der Waals surface area contributed by atoms with E-state index in [-0.39, 0.29) is 23.6 Å². The van der Waals surface area contributed by atoms with Gasteiger partial charge in [-0.2, -0.15) is 0 Å². The zero-order valence-corrected chi connectivity index (χ0v) is 13.1. The smallest absolute Gasteiger partial charge is 0.153 e. The van der Waals surface area contributed by atoms with Gasteiger partial charge in [0.25, 0.3) is 0 Å². The van der Waals surface area contributed by atoms with Crippen LogP contribution >= 0.6 is 0 Å². The second kappa shape index (κ2) is 5.38. The van der Waals surface area contributed by atoms with Gasteiger partial charge in [-0.25, -0.2) is 13.4 Å². The number of imidazole rings is 1. The van der Waals surface area contributed by atoms with Crippen LogP contribution in [0.4, 0.5) is 0 Å². The van der Waals surface area contributed by atoms with Crippen LogP contribution in [0.2, 0.25) is 0 Å². The number of nitrogens with zero attached hydrogens (tertiary/aromatic N) is 3. The van der Waals surface area contributed by atoms with E-state index in [1.54, 1.807) is 12.4 Å². The van der Waals surface area contributed by atoms with E-state index < -0.39 is 9.84 Å². The Morgan fingerprint density at radius 2 is 2.29 bits per heavy atom. The van der Waals surface area contributed by atoms with E-state index in [2.05, 4.69) is 33.7 Å². The first-order chi connectivity index (χ1) is 9.96. The molecule has 0 saturated carbocycles.